The van der Waals surface area contributed by atoms with Crippen LogP contribution in [0.5, 0.6) is 0 Å². The molecule has 0 unspecified atom stereocenters. The van der Waals surface area contributed by atoms with Gasteiger partial charge in [-0.25, -0.2) is 0 Å². The maximum Gasteiger partial charge on any atom is 0.306 e. The molecule has 2 nitrogen and oxygen atoms in total. The van der Waals surface area contributed by atoms with E-state index in [0.29, 0.717) is 5.92 Å². The topological polar surface area (TPSA) is 37.3 Å². The molecule has 1 rings (SSSR count). The molecule has 58 valence electrons. The van der Waals surface area contributed by atoms with E-state index in [9.17, 15) is 4.79 Å². The SMILES string of the molecule is CSCC1CC(C(=O)O)C1. The smallest absolute Gasteiger partial charge is 0.306 e. The second-order valence-corrected chi connectivity index (χ2v) is 3.74. The lowest BCUT2D eigenvalue weighted by Gasteiger charge is -2.31. The molecule has 0 aliphatic heterocycles. The fraction of sp³-hybridized carbons (Fsp3) is 0.857. The van der Waals surface area contributed by atoms with Crippen LogP contribution < -0.4 is 0 Å². The van der Waals surface area contributed by atoms with Crippen LogP contribution in [0, 0.1) is 11.8 Å². The molecule has 1 fully saturated rings. The van der Waals surface area contributed by atoms with Gasteiger partial charge < -0.3 is 5.11 Å². The highest BCUT2D eigenvalue weighted by molar-refractivity contribution is 7.98. The summed E-state index contributed by atoms with van der Waals surface area (Å²) in [6, 6.07) is 0. The van der Waals surface area contributed by atoms with E-state index in [1.807, 2.05) is 0 Å². The lowest BCUT2D eigenvalue weighted by atomic mass is 9.76. The highest BCUT2D eigenvalue weighted by Gasteiger charge is 2.33. The lowest BCUT2D eigenvalue weighted by Crippen LogP contribution is -2.31. The third-order valence-electron chi connectivity index (χ3n) is 1.99. The van der Waals surface area contributed by atoms with E-state index in [1.54, 1.807) is 11.8 Å². The van der Waals surface area contributed by atoms with Crippen molar-refractivity contribution in [2.75, 3.05) is 12.0 Å². The largest absolute Gasteiger partial charge is 0.481 e. The van der Waals surface area contributed by atoms with Gasteiger partial charge in [0, 0.05) is 0 Å². The first kappa shape index (κ1) is 7.92. The summed E-state index contributed by atoms with van der Waals surface area (Å²) in [6.45, 7) is 0. The standard InChI is InChI=1S/C7H12O2S/c1-10-4-5-2-6(3-5)7(8)9/h5-6H,2-4H2,1H3,(H,8,9). The summed E-state index contributed by atoms with van der Waals surface area (Å²) in [5, 5.41) is 8.51. The fourth-order valence-corrected chi connectivity index (χ4v) is 2.05. The highest BCUT2D eigenvalue weighted by Crippen LogP contribution is 2.35. The predicted octanol–water partition coefficient (Wildman–Crippen LogP) is 1.46. The van der Waals surface area contributed by atoms with Crippen molar-refractivity contribution >= 4 is 17.7 Å². The summed E-state index contributed by atoms with van der Waals surface area (Å²) in [4.78, 5) is 10.3. The number of carboxylic acid groups (broad SMARTS) is 1. The molecule has 0 spiro atoms. The van der Waals surface area contributed by atoms with Crippen LogP contribution >= 0.6 is 11.8 Å². The molecule has 0 aromatic carbocycles. The molecule has 1 N–H and O–H groups in total. The number of hydrogen-bond acceptors (Lipinski definition) is 2. The third kappa shape index (κ3) is 1.66. The molecule has 1 saturated carbocycles. The van der Waals surface area contributed by atoms with Crippen LogP contribution in [-0.4, -0.2) is 23.1 Å². The second-order valence-electron chi connectivity index (χ2n) is 2.83. The molecule has 0 aromatic rings. The number of carboxylic acids is 1. The summed E-state index contributed by atoms with van der Waals surface area (Å²) < 4.78 is 0. The van der Waals surface area contributed by atoms with Gasteiger partial charge in [-0.1, -0.05) is 0 Å². The summed E-state index contributed by atoms with van der Waals surface area (Å²) in [6.07, 6.45) is 3.86. The summed E-state index contributed by atoms with van der Waals surface area (Å²) in [5.74, 6) is 1.16. The minimum absolute atomic E-state index is 0.0304. The molecule has 0 saturated heterocycles. The third-order valence-corrected chi connectivity index (χ3v) is 2.79. The minimum Gasteiger partial charge on any atom is -0.481 e. The van der Waals surface area contributed by atoms with E-state index in [-0.39, 0.29) is 5.92 Å². The Balaban J connectivity index is 2.12. The molecule has 1 aliphatic rings. The van der Waals surface area contributed by atoms with Crippen LogP contribution in [0.25, 0.3) is 0 Å². The van der Waals surface area contributed by atoms with Crippen molar-refractivity contribution in [1.82, 2.24) is 0 Å². The van der Waals surface area contributed by atoms with Gasteiger partial charge in [0.05, 0.1) is 5.92 Å². The first-order chi connectivity index (χ1) is 4.74. The number of rotatable bonds is 3. The predicted molar refractivity (Wildman–Crippen MR) is 42.2 cm³/mol. The molecule has 0 aromatic heterocycles. The molecular formula is C7H12O2S. The van der Waals surface area contributed by atoms with Crippen LogP contribution in [0.1, 0.15) is 12.8 Å². The van der Waals surface area contributed by atoms with Gasteiger partial charge in [0.2, 0.25) is 0 Å². The molecule has 1 aliphatic carbocycles. The Bertz CT molecular complexity index is 130. The fourth-order valence-electron chi connectivity index (χ4n) is 1.31. The van der Waals surface area contributed by atoms with Gasteiger partial charge in [-0.15, -0.1) is 0 Å². The van der Waals surface area contributed by atoms with E-state index in [4.69, 9.17) is 5.11 Å². The van der Waals surface area contributed by atoms with Gasteiger partial charge >= 0.3 is 5.97 Å². The van der Waals surface area contributed by atoms with Crippen LogP contribution in [0.2, 0.25) is 0 Å². The first-order valence-corrected chi connectivity index (χ1v) is 4.85. The molecule has 0 heterocycles. The lowest BCUT2D eigenvalue weighted by molar-refractivity contribution is -0.145. The quantitative estimate of drug-likeness (QED) is 0.679. The Hall–Kier alpha value is -0.180. The molecule has 3 heteroatoms. The van der Waals surface area contributed by atoms with Crippen LogP contribution in [0.15, 0.2) is 0 Å². The molecule has 0 bridgehead atoms. The van der Waals surface area contributed by atoms with E-state index in [1.165, 1.54) is 0 Å². The van der Waals surface area contributed by atoms with E-state index >= 15 is 0 Å². The zero-order valence-corrected chi connectivity index (χ0v) is 6.86. The highest BCUT2D eigenvalue weighted by atomic mass is 32.2. The molecule has 10 heavy (non-hydrogen) atoms. The van der Waals surface area contributed by atoms with Crippen molar-refractivity contribution in [3.63, 3.8) is 0 Å². The van der Waals surface area contributed by atoms with Crippen molar-refractivity contribution < 1.29 is 9.90 Å². The van der Waals surface area contributed by atoms with Crippen molar-refractivity contribution in [3.05, 3.63) is 0 Å². The van der Waals surface area contributed by atoms with Gasteiger partial charge in [-0.3, -0.25) is 4.79 Å². The van der Waals surface area contributed by atoms with Crippen molar-refractivity contribution in [3.8, 4) is 0 Å². The molecular weight excluding hydrogens is 148 g/mol. The van der Waals surface area contributed by atoms with Crippen LogP contribution in [-0.2, 0) is 4.79 Å². The Morgan fingerprint density at radius 1 is 1.70 bits per heavy atom. The molecule has 0 atom stereocenters. The zero-order chi connectivity index (χ0) is 7.56. The Morgan fingerprint density at radius 2 is 2.30 bits per heavy atom. The summed E-state index contributed by atoms with van der Waals surface area (Å²) in [5.41, 5.74) is 0. The van der Waals surface area contributed by atoms with Gasteiger partial charge in [0.1, 0.15) is 0 Å². The van der Waals surface area contributed by atoms with Crippen LogP contribution in [0.4, 0.5) is 0 Å². The average molecular weight is 160 g/mol. The van der Waals surface area contributed by atoms with Gasteiger partial charge in [0.15, 0.2) is 0 Å². The summed E-state index contributed by atoms with van der Waals surface area (Å²) >= 11 is 1.81. The second kappa shape index (κ2) is 3.28. The van der Waals surface area contributed by atoms with Crippen molar-refractivity contribution in [2.45, 2.75) is 12.8 Å². The summed E-state index contributed by atoms with van der Waals surface area (Å²) in [7, 11) is 0. The first-order valence-electron chi connectivity index (χ1n) is 3.45. The average Bonchev–Trinajstić information content (AvgIpc) is 1.76. The Morgan fingerprint density at radius 3 is 2.70 bits per heavy atom. The Labute approximate surface area is 65.0 Å². The number of hydrogen-bond donors (Lipinski definition) is 1. The number of thioether (sulfide) groups is 1. The van der Waals surface area contributed by atoms with E-state index < -0.39 is 5.97 Å². The van der Waals surface area contributed by atoms with Gasteiger partial charge in [-0.2, -0.15) is 11.8 Å². The van der Waals surface area contributed by atoms with Crippen LogP contribution in [0.3, 0.4) is 0 Å². The maximum atomic E-state index is 10.3. The monoisotopic (exact) mass is 160 g/mol. The molecule has 0 amide bonds. The number of aliphatic carboxylic acids is 1. The minimum atomic E-state index is -0.614. The van der Waals surface area contributed by atoms with E-state index in [2.05, 4.69) is 6.26 Å². The van der Waals surface area contributed by atoms with Gasteiger partial charge in [0.25, 0.3) is 0 Å². The normalized spacial score (nSPS) is 31.3. The van der Waals surface area contributed by atoms with E-state index in [0.717, 1.165) is 18.6 Å². The van der Waals surface area contributed by atoms with Gasteiger partial charge in [-0.05, 0) is 30.8 Å². The Kier molecular flexibility index (Phi) is 2.60. The zero-order valence-electron chi connectivity index (χ0n) is 6.04. The number of carbonyl (C=O) groups is 1. The van der Waals surface area contributed by atoms with Crippen molar-refractivity contribution in [2.24, 2.45) is 11.8 Å². The molecule has 0 radical (unpaired) electrons. The maximum absolute atomic E-state index is 10.3. The van der Waals surface area contributed by atoms with Crippen molar-refractivity contribution in [1.29, 1.82) is 0 Å².